The summed E-state index contributed by atoms with van der Waals surface area (Å²) in [6, 6.07) is 7.87. The SMILES string of the molecule is C=C(C)[C@@H]1CC[C@]2(C(=O)OC)CC[C@]3(C)[C@H](CC[C@@H]4[C@@]5(C)C/C(=C\c6ccc(Cl)cc6)C(=O)C(C)(C)[C@@H]5CC[C@]43C)[C@@H]12. The predicted molar refractivity (Wildman–Crippen MR) is 171 cm³/mol. The maximum absolute atomic E-state index is 14.1. The van der Waals surface area contributed by atoms with Crippen LogP contribution in [0.4, 0.5) is 0 Å². The number of benzene rings is 1. The molecule has 0 spiro atoms. The molecule has 0 radical (unpaired) electrons. The average molecular weight is 591 g/mol. The van der Waals surface area contributed by atoms with Crippen molar-refractivity contribution in [3.8, 4) is 0 Å². The van der Waals surface area contributed by atoms with Crippen molar-refractivity contribution in [3.05, 3.63) is 52.6 Å². The Morgan fingerprint density at radius 3 is 2.26 bits per heavy atom. The number of methoxy groups -OCH3 is 1. The van der Waals surface area contributed by atoms with Crippen LogP contribution in [0.2, 0.25) is 5.02 Å². The van der Waals surface area contributed by atoms with Crippen molar-refractivity contribution in [2.45, 2.75) is 99.3 Å². The maximum Gasteiger partial charge on any atom is 0.312 e. The van der Waals surface area contributed by atoms with E-state index < -0.39 is 5.41 Å². The van der Waals surface area contributed by atoms with E-state index in [0.29, 0.717) is 40.4 Å². The molecule has 5 fully saturated rings. The molecule has 3 nitrogen and oxygen atoms in total. The molecule has 0 aliphatic heterocycles. The van der Waals surface area contributed by atoms with Crippen LogP contribution in [0.5, 0.6) is 0 Å². The van der Waals surface area contributed by atoms with E-state index in [2.05, 4.69) is 54.2 Å². The molecular weight excluding hydrogens is 540 g/mol. The van der Waals surface area contributed by atoms with E-state index in [9.17, 15) is 9.59 Å². The highest BCUT2D eigenvalue weighted by atomic mass is 35.5. The van der Waals surface area contributed by atoms with Gasteiger partial charge >= 0.3 is 5.97 Å². The third-order valence-corrected chi connectivity index (χ3v) is 14.7. The largest absolute Gasteiger partial charge is 0.469 e. The van der Waals surface area contributed by atoms with Crippen molar-refractivity contribution in [2.24, 2.45) is 56.7 Å². The van der Waals surface area contributed by atoms with Crippen molar-refractivity contribution < 1.29 is 14.3 Å². The summed E-state index contributed by atoms with van der Waals surface area (Å²) in [6.07, 6.45) is 11.5. The lowest BCUT2D eigenvalue weighted by molar-refractivity contribution is -0.232. The Bertz CT molecular complexity index is 1340. The fraction of sp³-hybridized carbons (Fsp3) is 0.684. The Balaban J connectivity index is 1.41. The first-order valence-electron chi connectivity index (χ1n) is 16.4. The number of rotatable bonds is 3. The fourth-order valence-corrected chi connectivity index (χ4v) is 12.6. The first kappa shape index (κ1) is 30.2. The number of carbonyl (C=O) groups excluding carboxylic acids is 2. The molecule has 1 aromatic rings. The van der Waals surface area contributed by atoms with Crippen molar-refractivity contribution in [1.82, 2.24) is 0 Å². The second-order valence-corrected chi connectivity index (χ2v) is 16.7. The van der Waals surface area contributed by atoms with Crippen LogP contribution < -0.4 is 0 Å². The predicted octanol–water partition coefficient (Wildman–Crippen LogP) is 9.73. The summed E-state index contributed by atoms with van der Waals surface area (Å²) in [5.41, 5.74) is 2.83. The third kappa shape index (κ3) is 3.90. The molecule has 4 heteroatoms. The van der Waals surface area contributed by atoms with E-state index in [-0.39, 0.29) is 27.6 Å². The lowest BCUT2D eigenvalue weighted by Gasteiger charge is -2.72. The van der Waals surface area contributed by atoms with Gasteiger partial charge in [0.25, 0.3) is 0 Å². The number of esters is 1. The van der Waals surface area contributed by atoms with Gasteiger partial charge in [0.1, 0.15) is 0 Å². The Hall–Kier alpha value is -1.87. The Labute approximate surface area is 258 Å². The summed E-state index contributed by atoms with van der Waals surface area (Å²) in [5, 5.41) is 0.715. The van der Waals surface area contributed by atoms with Gasteiger partial charge in [-0.15, -0.1) is 0 Å². The minimum absolute atomic E-state index is 0.0192. The van der Waals surface area contributed by atoms with Crippen molar-refractivity contribution in [1.29, 1.82) is 0 Å². The zero-order valence-corrected chi connectivity index (χ0v) is 27.7. The molecule has 0 amide bonds. The quantitative estimate of drug-likeness (QED) is 0.200. The van der Waals surface area contributed by atoms with Gasteiger partial charge in [-0.2, -0.15) is 0 Å². The van der Waals surface area contributed by atoms with Gasteiger partial charge in [-0.1, -0.05) is 70.5 Å². The number of hydrogen-bond donors (Lipinski definition) is 0. The molecule has 0 saturated heterocycles. The summed E-state index contributed by atoms with van der Waals surface area (Å²) >= 11 is 6.18. The van der Waals surface area contributed by atoms with Crippen LogP contribution in [0, 0.1) is 56.7 Å². The molecule has 228 valence electrons. The van der Waals surface area contributed by atoms with Crippen LogP contribution >= 0.6 is 11.6 Å². The van der Waals surface area contributed by atoms with Crippen LogP contribution in [0.1, 0.15) is 105 Å². The topological polar surface area (TPSA) is 43.4 Å². The number of allylic oxidation sites excluding steroid dienone is 2. The molecule has 0 aromatic heterocycles. The number of fused-ring (bicyclic) bond motifs is 7. The molecule has 0 heterocycles. The lowest BCUT2D eigenvalue weighted by Crippen LogP contribution is -2.67. The number of ether oxygens (including phenoxy) is 1. The van der Waals surface area contributed by atoms with Gasteiger partial charge in [0.2, 0.25) is 0 Å². The van der Waals surface area contributed by atoms with Crippen LogP contribution in [-0.4, -0.2) is 18.9 Å². The minimum atomic E-state index is -0.395. The molecule has 5 aliphatic carbocycles. The van der Waals surface area contributed by atoms with Gasteiger partial charge in [0, 0.05) is 10.4 Å². The Kier molecular flexibility index (Phi) is 7.05. The molecule has 5 saturated carbocycles. The minimum Gasteiger partial charge on any atom is -0.469 e. The van der Waals surface area contributed by atoms with E-state index in [1.165, 1.54) is 12.0 Å². The average Bonchev–Trinajstić information content (AvgIpc) is 3.34. The van der Waals surface area contributed by atoms with Gasteiger partial charge in [0.15, 0.2) is 5.78 Å². The maximum atomic E-state index is 14.1. The highest BCUT2D eigenvalue weighted by Crippen LogP contribution is 2.77. The normalized spacial score (nSPS) is 44.9. The van der Waals surface area contributed by atoms with Gasteiger partial charge in [0.05, 0.1) is 12.5 Å². The highest BCUT2D eigenvalue weighted by molar-refractivity contribution is 6.30. The fourth-order valence-electron chi connectivity index (χ4n) is 12.4. The van der Waals surface area contributed by atoms with Gasteiger partial charge in [-0.05, 0) is 140 Å². The molecule has 0 N–H and O–H groups in total. The number of hydrogen-bond acceptors (Lipinski definition) is 3. The summed E-state index contributed by atoms with van der Waals surface area (Å²) in [4.78, 5) is 27.6. The monoisotopic (exact) mass is 590 g/mol. The lowest BCUT2D eigenvalue weighted by atomic mass is 9.32. The third-order valence-electron chi connectivity index (χ3n) is 14.5. The van der Waals surface area contributed by atoms with Crippen molar-refractivity contribution >= 4 is 29.4 Å². The summed E-state index contributed by atoms with van der Waals surface area (Å²) in [7, 11) is 1.58. The first-order chi connectivity index (χ1) is 19.7. The zero-order chi connectivity index (χ0) is 30.5. The Morgan fingerprint density at radius 1 is 0.929 bits per heavy atom. The molecule has 1 aromatic carbocycles. The molecule has 5 aliphatic rings. The smallest absolute Gasteiger partial charge is 0.312 e. The molecule has 0 unspecified atom stereocenters. The number of Topliss-reactive ketones (excluding diaryl/α,β-unsaturated/α-hetero) is 1. The van der Waals surface area contributed by atoms with Gasteiger partial charge in [-0.25, -0.2) is 0 Å². The second kappa shape index (κ2) is 9.82. The summed E-state index contributed by atoms with van der Waals surface area (Å²) < 4.78 is 5.54. The van der Waals surface area contributed by atoms with E-state index >= 15 is 0 Å². The summed E-state index contributed by atoms with van der Waals surface area (Å²) in [6.45, 7) is 18.8. The number of carbonyl (C=O) groups is 2. The van der Waals surface area contributed by atoms with Crippen LogP contribution in [0.25, 0.3) is 6.08 Å². The number of halogens is 1. The molecule has 6 rings (SSSR count). The zero-order valence-electron chi connectivity index (χ0n) is 26.9. The summed E-state index contributed by atoms with van der Waals surface area (Å²) in [5.74, 6) is 2.42. The Morgan fingerprint density at radius 2 is 1.62 bits per heavy atom. The van der Waals surface area contributed by atoms with E-state index in [1.54, 1.807) is 7.11 Å². The van der Waals surface area contributed by atoms with Gasteiger partial charge in [-0.3, -0.25) is 9.59 Å². The molecular formula is C38H51ClO3. The number of ketones is 1. The van der Waals surface area contributed by atoms with Crippen LogP contribution in [-0.2, 0) is 14.3 Å². The molecule has 9 atom stereocenters. The molecule has 0 bridgehead atoms. The highest BCUT2D eigenvalue weighted by Gasteiger charge is 2.72. The van der Waals surface area contributed by atoms with E-state index in [1.807, 2.05) is 24.3 Å². The van der Waals surface area contributed by atoms with Crippen molar-refractivity contribution in [2.75, 3.05) is 7.11 Å². The van der Waals surface area contributed by atoms with Crippen molar-refractivity contribution in [3.63, 3.8) is 0 Å². The second-order valence-electron chi connectivity index (χ2n) is 16.3. The van der Waals surface area contributed by atoms with Crippen LogP contribution in [0.15, 0.2) is 42.0 Å². The first-order valence-corrected chi connectivity index (χ1v) is 16.8. The van der Waals surface area contributed by atoms with Gasteiger partial charge < -0.3 is 4.74 Å². The van der Waals surface area contributed by atoms with Crippen LogP contribution in [0.3, 0.4) is 0 Å². The van der Waals surface area contributed by atoms with E-state index in [4.69, 9.17) is 16.3 Å². The molecule has 42 heavy (non-hydrogen) atoms. The van der Waals surface area contributed by atoms with E-state index in [0.717, 1.165) is 62.5 Å². The standard InChI is InChI=1S/C38H51ClO3/c1-23(2)27-15-18-38(33(41)42-8)20-19-36(6)28(31(27)38)13-14-30-35(5)22-25(21-24-9-11-26(39)12-10-24)32(40)34(3,4)29(35)16-17-37(30,36)7/h9-12,21,27-31H,1,13-20,22H2,2-8H3/b25-21+/t27-,28+,29-,30+,31+,35-,36+,37+,38-/m0/s1.